The molecule has 0 saturated heterocycles. The minimum atomic E-state index is -0.305. The van der Waals surface area contributed by atoms with Crippen molar-refractivity contribution in [1.29, 1.82) is 0 Å². The van der Waals surface area contributed by atoms with Crippen LogP contribution in [0.3, 0.4) is 0 Å². The van der Waals surface area contributed by atoms with Crippen LogP contribution in [0.15, 0.2) is 48.7 Å². The number of hydrogen-bond acceptors (Lipinski definition) is 3. The maximum absolute atomic E-state index is 14.1. The number of imidazole rings is 1. The standard InChI is InChI=1S/C16H16FN3O/c1-2-19(13-8-4-3-7-12(13)17)16-14(11-21)20-10-6-5-9-15(20)18-16/h3-10,21H,2,11H2,1H3. The van der Waals surface area contributed by atoms with Crippen molar-refractivity contribution in [3.8, 4) is 0 Å². The van der Waals surface area contributed by atoms with Gasteiger partial charge in [0, 0.05) is 12.7 Å². The average molecular weight is 285 g/mol. The molecule has 0 aliphatic carbocycles. The molecule has 0 saturated carbocycles. The normalized spacial score (nSPS) is 11.0. The number of pyridine rings is 1. The molecule has 0 bridgehead atoms. The first-order valence-electron chi connectivity index (χ1n) is 6.85. The highest BCUT2D eigenvalue weighted by Gasteiger charge is 2.19. The van der Waals surface area contributed by atoms with Gasteiger partial charge in [0.2, 0.25) is 0 Å². The fourth-order valence-corrected chi connectivity index (χ4v) is 2.50. The van der Waals surface area contributed by atoms with Crippen LogP contribution in [0, 0.1) is 5.82 Å². The number of aliphatic hydroxyl groups is 1. The van der Waals surface area contributed by atoms with E-state index in [4.69, 9.17) is 0 Å². The third-order valence-corrected chi connectivity index (χ3v) is 3.47. The number of aromatic nitrogens is 2. The molecular formula is C16H16FN3O. The van der Waals surface area contributed by atoms with Crippen LogP contribution < -0.4 is 4.90 Å². The zero-order valence-electron chi connectivity index (χ0n) is 11.7. The Hall–Kier alpha value is -2.40. The first-order chi connectivity index (χ1) is 10.3. The van der Waals surface area contributed by atoms with Crippen LogP contribution >= 0.6 is 0 Å². The topological polar surface area (TPSA) is 40.8 Å². The highest BCUT2D eigenvalue weighted by atomic mass is 19.1. The fourth-order valence-electron chi connectivity index (χ4n) is 2.50. The van der Waals surface area contributed by atoms with Gasteiger partial charge in [-0.1, -0.05) is 18.2 Å². The highest BCUT2D eigenvalue weighted by Crippen LogP contribution is 2.30. The Bertz CT molecular complexity index is 769. The Labute approximate surface area is 122 Å². The van der Waals surface area contributed by atoms with E-state index < -0.39 is 0 Å². The Morgan fingerprint density at radius 2 is 1.95 bits per heavy atom. The molecule has 0 fully saturated rings. The third-order valence-electron chi connectivity index (χ3n) is 3.47. The second-order valence-electron chi connectivity index (χ2n) is 4.66. The molecule has 1 N–H and O–H groups in total. The van der Waals surface area contributed by atoms with Crippen molar-refractivity contribution in [3.05, 3.63) is 60.2 Å². The number of nitrogens with zero attached hydrogens (tertiary/aromatic N) is 3. The molecule has 0 radical (unpaired) electrons. The van der Waals surface area contributed by atoms with Crippen molar-refractivity contribution in [1.82, 2.24) is 9.38 Å². The van der Waals surface area contributed by atoms with Crippen LogP contribution in [0.4, 0.5) is 15.9 Å². The van der Waals surface area contributed by atoms with Gasteiger partial charge < -0.3 is 10.0 Å². The van der Waals surface area contributed by atoms with Gasteiger partial charge in [0.05, 0.1) is 18.0 Å². The van der Waals surface area contributed by atoms with Crippen LogP contribution in [0.1, 0.15) is 12.6 Å². The van der Waals surface area contributed by atoms with E-state index in [-0.39, 0.29) is 12.4 Å². The minimum absolute atomic E-state index is 0.161. The van der Waals surface area contributed by atoms with Gasteiger partial charge in [0.25, 0.3) is 0 Å². The summed E-state index contributed by atoms with van der Waals surface area (Å²) in [5.74, 6) is 0.275. The molecule has 108 valence electrons. The summed E-state index contributed by atoms with van der Waals surface area (Å²) in [4.78, 5) is 6.31. The maximum atomic E-state index is 14.1. The summed E-state index contributed by atoms with van der Waals surface area (Å²) in [6.07, 6.45) is 1.84. The van der Waals surface area contributed by atoms with Crippen LogP contribution in [0.5, 0.6) is 0 Å². The molecule has 21 heavy (non-hydrogen) atoms. The van der Waals surface area contributed by atoms with Gasteiger partial charge in [0.1, 0.15) is 11.5 Å². The summed E-state index contributed by atoms with van der Waals surface area (Å²) in [5, 5.41) is 9.68. The average Bonchev–Trinajstić information content (AvgIpc) is 2.88. The van der Waals surface area contributed by atoms with E-state index in [1.54, 1.807) is 23.1 Å². The Kier molecular flexibility index (Phi) is 3.58. The van der Waals surface area contributed by atoms with Crippen LogP contribution in [0.25, 0.3) is 5.65 Å². The second kappa shape index (κ2) is 5.54. The molecular weight excluding hydrogens is 269 g/mol. The molecule has 1 aromatic carbocycles. The highest BCUT2D eigenvalue weighted by molar-refractivity contribution is 5.66. The number of fused-ring (bicyclic) bond motifs is 1. The molecule has 3 rings (SSSR count). The van der Waals surface area contributed by atoms with Gasteiger partial charge in [0.15, 0.2) is 5.82 Å². The van der Waals surface area contributed by atoms with Crippen LogP contribution in [-0.4, -0.2) is 21.0 Å². The van der Waals surface area contributed by atoms with Gasteiger partial charge in [-0.3, -0.25) is 4.40 Å². The van der Waals surface area contributed by atoms with Crippen molar-refractivity contribution in [2.45, 2.75) is 13.5 Å². The number of rotatable bonds is 4. The van der Waals surface area contributed by atoms with Gasteiger partial charge in [-0.05, 0) is 31.2 Å². The SMILES string of the molecule is CCN(c1ccccc1F)c1nc2ccccn2c1CO. The number of aliphatic hydroxyl groups excluding tert-OH is 1. The summed E-state index contributed by atoms with van der Waals surface area (Å²) < 4.78 is 15.9. The predicted octanol–water partition coefficient (Wildman–Crippen LogP) is 3.12. The lowest BCUT2D eigenvalue weighted by Gasteiger charge is -2.22. The minimum Gasteiger partial charge on any atom is -0.390 e. The Morgan fingerprint density at radius 3 is 2.67 bits per heavy atom. The van der Waals surface area contributed by atoms with Gasteiger partial charge >= 0.3 is 0 Å². The van der Waals surface area contributed by atoms with Crippen molar-refractivity contribution >= 4 is 17.2 Å². The van der Waals surface area contributed by atoms with Crippen molar-refractivity contribution < 1.29 is 9.50 Å². The molecule has 2 aromatic heterocycles. The van der Waals surface area contributed by atoms with E-state index in [1.165, 1.54) is 6.07 Å². The molecule has 5 heteroatoms. The Morgan fingerprint density at radius 1 is 1.19 bits per heavy atom. The zero-order valence-corrected chi connectivity index (χ0v) is 11.7. The van der Waals surface area contributed by atoms with E-state index in [0.29, 0.717) is 23.7 Å². The molecule has 0 aliphatic rings. The van der Waals surface area contributed by atoms with Crippen molar-refractivity contribution in [3.63, 3.8) is 0 Å². The lowest BCUT2D eigenvalue weighted by atomic mass is 10.2. The number of anilines is 2. The Balaban J connectivity index is 2.20. The molecule has 0 unspecified atom stereocenters. The lowest BCUT2D eigenvalue weighted by molar-refractivity contribution is 0.276. The summed E-state index contributed by atoms with van der Waals surface area (Å²) in [7, 11) is 0. The number of halogens is 1. The number of hydrogen-bond donors (Lipinski definition) is 1. The van der Waals surface area contributed by atoms with Crippen molar-refractivity contribution in [2.24, 2.45) is 0 Å². The quantitative estimate of drug-likeness (QED) is 0.800. The summed E-state index contributed by atoms with van der Waals surface area (Å²) in [6, 6.07) is 12.2. The first-order valence-corrected chi connectivity index (χ1v) is 6.85. The smallest absolute Gasteiger partial charge is 0.158 e. The van der Waals surface area contributed by atoms with E-state index in [2.05, 4.69) is 4.98 Å². The van der Waals surface area contributed by atoms with E-state index in [1.807, 2.05) is 35.7 Å². The molecule has 0 atom stereocenters. The molecule has 0 spiro atoms. The molecule has 0 amide bonds. The number of para-hydroxylation sites is 1. The third kappa shape index (κ3) is 2.25. The largest absolute Gasteiger partial charge is 0.390 e. The van der Waals surface area contributed by atoms with E-state index in [0.717, 1.165) is 5.65 Å². The van der Waals surface area contributed by atoms with E-state index >= 15 is 0 Å². The summed E-state index contributed by atoms with van der Waals surface area (Å²) in [6.45, 7) is 2.32. The van der Waals surface area contributed by atoms with Gasteiger partial charge in [-0.15, -0.1) is 0 Å². The first kappa shape index (κ1) is 13.6. The monoisotopic (exact) mass is 285 g/mol. The van der Waals surface area contributed by atoms with Crippen LogP contribution in [-0.2, 0) is 6.61 Å². The van der Waals surface area contributed by atoms with Gasteiger partial charge in [-0.25, -0.2) is 9.37 Å². The molecule has 3 aromatic rings. The lowest BCUT2D eigenvalue weighted by Crippen LogP contribution is -2.19. The number of benzene rings is 1. The summed E-state index contributed by atoms with van der Waals surface area (Å²) >= 11 is 0. The van der Waals surface area contributed by atoms with Crippen molar-refractivity contribution in [2.75, 3.05) is 11.4 Å². The molecule has 2 heterocycles. The zero-order chi connectivity index (χ0) is 14.8. The fraction of sp³-hybridized carbons (Fsp3) is 0.188. The summed E-state index contributed by atoms with van der Waals surface area (Å²) in [5.41, 5.74) is 1.83. The van der Waals surface area contributed by atoms with E-state index in [9.17, 15) is 9.50 Å². The maximum Gasteiger partial charge on any atom is 0.158 e. The van der Waals surface area contributed by atoms with Gasteiger partial charge in [-0.2, -0.15) is 0 Å². The molecule has 0 aliphatic heterocycles. The second-order valence-corrected chi connectivity index (χ2v) is 4.66. The predicted molar refractivity (Wildman–Crippen MR) is 80.2 cm³/mol. The van der Waals surface area contributed by atoms with Crippen LogP contribution in [0.2, 0.25) is 0 Å². The molecule has 4 nitrogen and oxygen atoms in total.